The first kappa shape index (κ1) is 16.7. The summed E-state index contributed by atoms with van der Waals surface area (Å²) in [6.07, 6.45) is 13.2. The van der Waals surface area contributed by atoms with E-state index >= 15 is 0 Å². The van der Waals surface area contributed by atoms with Gasteiger partial charge < -0.3 is 4.90 Å². The molecule has 23 heavy (non-hydrogen) atoms. The van der Waals surface area contributed by atoms with E-state index in [9.17, 15) is 0 Å². The van der Waals surface area contributed by atoms with Crippen molar-refractivity contribution >= 4 is 5.69 Å². The first-order chi connectivity index (χ1) is 11.3. The molecule has 1 aromatic rings. The standard InChI is InChI=1S/C19H32N4/c1-3-23(4-2)19-17(15-11-7-5-8-12-15)20-22-21-18(19)16-13-9-6-10-14-16/h15-16H,3-14H2,1-2H3. The Morgan fingerprint density at radius 2 is 1.17 bits per heavy atom. The lowest BCUT2D eigenvalue weighted by molar-refractivity contribution is 0.417. The molecule has 3 rings (SSSR count). The topological polar surface area (TPSA) is 41.9 Å². The number of hydrogen-bond donors (Lipinski definition) is 0. The molecule has 0 radical (unpaired) electrons. The first-order valence-corrected chi connectivity index (χ1v) is 9.83. The Morgan fingerprint density at radius 1 is 0.739 bits per heavy atom. The van der Waals surface area contributed by atoms with E-state index in [0.29, 0.717) is 11.8 Å². The second kappa shape index (κ2) is 8.07. The highest BCUT2D eigenvalue weighted by Gasteiger charge is 2.29. The molecule has 128 valence electrons. The summed E-state index contributed by atoms with van der Waals surface area (Å²) in [6, 6.07) is 0. The molecular weight excluding hydrogens is 284 g/mol. The van der Waals surface area contributed by atoms with Gasteiger partial charge in [0.2, 0.25) is 0 Å². The van der Waals surface area contributed by atoms with E-state index in [-0.39, 0.29) is 0 Å². The zero-order chi connectivity index (χ0) is 16.1. The van der Waals surface area contributed by atoms with E-state index in [1.54, 1.807) is 0 Å². The maximum absolute atomic E-state index is 4.57. The lowest BCUT2D eigenvalue weighted by Crippen LogP contribution is -2.28. The largest absolute Gasteiger partial charge is 0.369 e. The van der Waals surface area contributed by atoms with Crippen molar-refractivity contribution in [2.24, 2.45) is 0 Å². The van der Waals surface area contributed by atoms with E-state index < -0.39 is 0 Å². The Bertz CT molecular complexity index is 450. The summed E-state index contributed by atoms with van der Waals surface area (Å²) in [5, 5.41) is 13.4. The summed E-state index contributed by atoms with van der Waals surface area (Å²) >= 11 is 0. The molecule has 0 N–H and O–H groups in total. The zero-order valence-corrected chi connectivity index (χ0v) is 14.9. The molecule has 2 aliphatic rings. The number of aromatic nitrogens is 3. The molecule has 2 aliphatic carbocycles. The zero-order valence-electron chi connectivity index (χ0n) is 14.9. The van der Waals surface area contributed by atoms with Crippen LogP contribution in [0.2, 0.25) is 0 Å². The average Bonchev–Trinajstić information content (AvgIpc) is 2.64. The van der Waals surface area contributed by atoms with Gasteiger partial charge in [0.15, 0.2) is 0 Å². The number of rotatable bonds is 5. The quantitative estimate of drug-likeness (QED) is 0.781. The molecule has 0 spiro atoms. The Hall–Kier alpha value is -1.19. The number of nitrogens with zero attached hydrogens (tertiary/aromatic N) is 4. The predicted molar refractivity (Wildman–Crippen MR) is 95.0 cm³/mol. The van der Waals surface area contributed by atoms with Crippen molar-refractivity contribution in [1.82, 2.24) is 15.4 Å². The smallest absolute Gasteiger partial charge is 0.0931 e. The van der Waals surface area contributed by atoms with Crippen molar-refractivity contribution in [3.05, 3.63) is 11.4 Å². The maximum atomic E-state index is 4.57. The third kappa shape index (κ3) is 3.67. The van der Waals surface area contributed by atoms with Crippen LogP contribution >= 0.6 is 0 Å². The van der Waals surface area contributed by atoms with Gasteiger partial charge in [-0.25, -0.2) is 0 Å². The highest BCUT2D eigenvalue weighted by molar-refractivity contribution is 5.56. The summed E-state index contributed by atoms with van der Waals surface area (Å²) in [4.78, 5) is 2.48. The van der Waals surface area contributed by atoms with Crippen LogP contribution in [0, 0.1) is 0 Å². The Labute approximate surface area is 141 Å². The van der Waals surface area contributed by atoms with Gasteiger partial charge in [0, 0.05) is 24.9 Å². The normalized spacial score (nSPS) is 20.6. The van der Waals surface area contributed by atoms with E-state index in [2.05, 4.69) is 34.2 Å². The van der Waals surface area contributed by atoms with Crippen molar-refractivity contribution in [2.45, 2.75) is 89.9 Å². The molecule has 0 saturated heterocycles. The van der Waals surface area contributed by atoms with Gasteiger partial charge in [0.1, 0.15) is 0 Å². The van der Waals surface area contributed by atoms with Crippen LogP contribution in [-0.2, 0) is 0 Å². The summed E-state index contributed by atoms with van der Waals surface area (Å²) < 4.78 is 0. The van der Waals surface area contributed by atoms with Crippen molar-refractivity contribution in [2.75, 3.05) is 18.0 Å². The van der Waals surface area contributed by atoms with Gasteiger partial charge in [-0.1, -0.05) is 38.5 Å². The Kier molecular flexibility index (Phi) is 5.85. The van der Waals surface area contributed by atoms with Gasteiger partial charge in [-0.2, -0.15) is 0 Å². The van der Waals surface area contributed by atoms with Crippen LogP contribution in [-0.4, -0.2) is 28.5 Å². The molecule has 0 amide bonds. The lowest BCUT2D eigenvalue weighted by atomic mass is 9.82. The fraction of sp³-hybridized carbons (Fsp3) is 0.842. The summed E-state index contributed by atoms with van der Waals surface area (Å²) in [5.74, 6) is 1.19. The third-order valence-corrected chi connectivity index (χ3v) is 5.85. The first-order valence-electron chi connectivity index (χ1n) is 9.83. The van der Waals surface area contributed by atoms with Crippen LogP contribution in [0.25, 0.3) is 0 Å². The SMILES string of the molecule is CCN(CC)c1c(C2CCCCC2)nnnc1C1CCCCC1. The summed E-state index contributed by atoms with van der Waals surface area (Å²) in [5.41, 5.74) is 3.86. The minimum Gasteiger partial charge on any atom is -0.369 e. The molecule has 2 fully saturated rings. The molecule has 2 saturated carbocycles. The van der Waals surface area contributed by atoms with Gasteiger partial charge in [-0.05, 0) is 44.7 Å². The molecule has 1 heterocycles. The molecule has 0 aliphatic heterocycles. The predicted octanol–water partition coefficient (Wildman–Crippen LogP) is 4.81. The van der Waals surface area contributed by atoms with Crippen LogP contribution in [0.3, 0.4) is 0 Å². The summed E-state index contributed by atoms with van der Waals surface area (Å²) in [7, 11) is 0. The number of anilines is 1. The van der Waals surface area contributed by atoms with Crippen LogP contribution in [0.15, 0.2) is 0 Å². The van der Waals surface area contributed by atoms with Crippen molar-refractivity contribution in [1.29, 1.82) is 0 Å². The van der Waals surface area contributed by atoms with E-state index in [4.69, 9.17) is 0 Å². The van der Waals surface area contributed by atoms with Crippen molar-refractivity contribution in [3.8, 4) is 0 Å². The van der Waals surface area contributed by atoms with Crippen molar-refractivity contribution < 1.29 is 0 Å². The van der Waals surface area contributed by atoms with Crippen LogP contribution in [0.4, 0.5) is 5.69 Å². The van der Waals surface area contributed by atoms with E-state index in [0.717, 1.165) is 13.1 Å². The molecule has 0 atom stereocenters. The summed E-state index contributed by atoms with van der Waals surface area (Å²) in [6.45, 7) is 6.56. The fourth-order valence-corrected chi connectivity index (χ4v) is 4.51. The second-order valence-electron chi connectivity index (χ2n) is 7.25. The van der Waals surface area contributed by atoms with Crippen LogP contribution in [0.1, 0.15) is 101 Å². The molecule has 0 unspecified atom stereocenters. The van der Waals surface area contributed by atoms with E-state index in [1.165, 1.54) is 81.3 Å². The third-order valence-electron chi connectivity index (χ3n) is 5.85. The van der Waals surface area contributed by atoms with E-state index in [1.807, 2.05) is 0 Å². The molecule has 0 aromatic carbocycles. The Morgan fingerprint density at radius 3 is 1.57 bits per heavy atom. The van der Waals surface area contributed by atoms with Crippen LogP contribution < -0.4 is 4.90 Å². The highest BCUT2D eigenvalue weighted by Crippen LogP contribution is 2.42. The molecule has 0 bridgehead atoms. The maximum Gasteiger partial charge on any atom is 0.0931 e. The van der Waals surface area contributed by atoms with Gasteiger partial charge >= 0.3 is 0 Å². The van der Waals surface area contributed by atoms with Gasteiger partial charge in [-0.3, -0.25) is 0 Å². The Balaban J connectivity index is 1.99. The average molecular weight is 316 g/mol. The highest BCUT2D eigenvalue weighted by atomic mass is 15.3. The minimum absolute atomic E-state index is 0.595. The van der Waals surface area contributed by atoms with Crippen LogP contribution in [0.5, 0.6) is 0 Å². The van der Waals surface area contributed by atoms with Crippen molar-refractivity contribution in [3.63, 3.8) is 0 Å². The van der Waals surface area contributed by atoms with Gasteiger partial charge in [0.25, 0.3) is 0 Å². The lowest BCUT2D eigenvalue weighted by Gasteiger charge is -2.32. The molecular formula is C19H32N4. The monoisotopic (exact) mass is 316 g/mol. The molecule has 1 aromatic heterocycles. The van der Waals surface area contributed by atoms with Gasteiger partial charge in [-0.15, -0.1) is 10.2 Å². The molecule has 4 heteroatoms. The minimum atomic E-state index is 0.595. The van der Waals surface area contributed by atoms with Gasteiger partial charge in [0.05, 0.1) is 17.1 Å². The molecule has 4 nitrogen and oxygen atoms in total. The number of hydrogen-bond acceptors (Lipinski definition) is 4. The second-order valence-corrected chi connectivity index (χ2v) is 7.25. The fourth-order valence-electron chi connectivity index (χ4n) is 4.51.